The van der Waals surface area contributed by atoms with Crippen molar-refractivity contribution in [1.82, 2.24) is 18.5 Å². The summed E-state index contributed by atoms with van der Waals surface area (Å²) in [6.45, 7) is 0. The first-order valence-corrected chi connectivity index (χ1v) is 15.1. The lowest BCUT2D eigenvalue weighted by atomic mass is 10.0. The molecule has 0 aliphatic rings. The third kappa shape index (κ3) is 3.21. The van der Waals surface area contributed by atoms with Gasteiger partial charge in [-0.15, -0.1) is 0 Å². The highest BCUT2D eigenvalue weighted by Gasteiger charge is 2.22. The van der Waals surface area contributed by atoms with E-state index in [9.17, 15) is 4.79 Å². The Morgan fingerprint density at radius 1 is 0.444 bits per heavy atom. The van der Waals surface area contributed by atoms with Crippen LogP contribution in [0.5, 0.6) is 0 Å². The molecular formula is C40H24N4O. The lowest BCUT2D eigenvalue weighted by Gasteiger charge is -2.17. The van der Waals surface area contributed by atoms with Crippen molar-refractivity contribution in [2.75, 3.05) is 0 Å². The monoisotopic (exact) mass is 576 g/mol. The van der Waals surface area contributed by atoms with E-state index >= 15 is 0 Å². The van der Waals surface area contributed by atoms with E-state index < -0.39 is 0 Å². The van der Waals surface area contributed by atoms with E-state index in [1.54, 1.807) is 0 Å². The Hall–Kier alpha value is -6.20. The first-order valence-electron chi connectivity index (χ1n) is 15.1. The maximum absolute atomic E-state index is 14.7. The lowest BCUT2D eigenvalue weighted by Crippen LogP contribution is -2.20. The molecule has 0 N–H and O–H groups in total. The van der Waals surface area contributed by atoms with E-state index in [1.807, 2.05) is 47.0 Å². The molecule has 0 saturated heterocycles. The zero-order chi connectivity index (χ0) is 29.6. The van der Waals surface area contributed by atoms with Crippen LogP contribution < -0.4 is 5.56 Å². The second-order valence-corrected chi connectivity index (χ2v) is 11.6. The van der Waals surface area contributed by atoms with Gasteiger partial charge in [0.25, 0.3) is 5.56 Å². The van der Waals surface area contributed by atoms with Gasteiger partial charge in [-0.25, -0.2) is 4.98 Å². The molecule has 0 aliphatic carbocycles. The van der Waals surface area contributed by atoms with Gasteiger partial charge in [0.15, 0.2) is 0 Å². The van der Waals surface area contributed by atoms with E-state index in [-0.39, 0.29) is 5.56 Å². The number of nitrogens with zero attached hydrogens (tertiary/aromatic N) is 4. The highest BCUT2D eigenvalue weighted by atomic mass is 16.1. The molecule has 45 heavy (non-hydrogen) atoms. The highest BCUT2D eigenvalue weighted by molar-refractivity contribution is 6.22. The summed E-state index contributed by atoms with van der Waals surface area (Å²) in [5.41, 5.74) is 8.79. The summed E-state index contributed by atoms with van der Waals surface area (Å²) in [4.78, 5) is 19.8. The molecule has 0 fully saturated rings. The maximum Gasteiger partial charge on any atom is 0.263 e. The summed E-state index contributed by atoms with van der Waals surface area (Å²) in [7, 11) is 0. The molecule has 4 heterocycles. The molecule has 0 spiro atoms. The molecule has 0 unspecified atom stereocenters. The first-order chi connectivity index (χ1) is 22.3. The van der Waals surface area contributed by atoms with Gasteiger partial charge in [-0.3, -0.25) is 13.8 Å². The molecule has 0 amide bonds. The fraction of sp³-hybridized carbons (Fsp3) is 0. The number of aromatic nitrogens is 4. The highest BCUT2D eigenvalue weighted by Crippen LogP contribution is 2.38. The molecule has 6 aromatic carbocycles. The summed E-state index contributed by atoms with van der Waals surface area (Å²) in [5, 5.41) is 5.77. The number of pyridine rings is 2. The average Bonchev–Trinajstić information content (AvgIpc) is 3.65. The molecule has 10 rings (SSSR count). The summed E-state index contributed by atoms with van der Waals surface area (Å²) in [6, 6.07) is 49.8. The summed E-state index contributed by atoms with van der Waals surface area (Å²) in [6.07, 6.45) is 0. The van der Waals surface area contributed by atoms with Gasteiger partial charge in [-0.05, 0) is 60.7 Å². The van der Waals surface area contributed by atoms with Crippen LogP contribution in [0, 0.1) is 0 Å². The Labute approximate surface area is 256 Å². The molecule has 0 bridgehead atoms. The molecule has 0 radical (unpaired) electrons. The minimum absolute atomic E-state index is 0.0464. The third-order valence-electron chi connectivity index (χ3n) is 9.20. The van der Waals surface area contributed by atoms with Crippen LogP contribution in [0.3, 0.4) is 0 Å². The van der Waals surface area contributed by atoms with E-state index in [1.165, 1.54) is 0 Å². The quantitative estimate of drug-likeness (QED) is 0.193. The Morgan fingerprint density at radius 3 is 1.89 bits per heavy atom. The third-order valence-corrected chi connectivity index (χ3v) is 9.20. The molecule has 4 aromatic heterocycles. The van der Waals surface area contributed by atoms with Crippen LogP contribution in [0.4, 0.5) is 0 Å². The van der Waals surface area contributed by atoms with E-state index in [2.05, 4.69) is 112 Å². The minimum Gasteiger partial charge on any atom is -0.309 e. The first kappa shape index (κ1) is 24.3. The van der Waals surface area contributed by atoms with Gasteiger partial charge >= 0.3 is 0 Å². The fourth-order valence-electron chi connectivity index (χ4n) is 7.34. The van der Waals surface area contributed by atoms with E-state index in [0.717, 1.165) is 77.1 Å². The van der Waals surface area contributed by atoms with Gasteiger partial charge in [0.1, 0.15) is 5.65 Å². The van der Waals surface area contributed by atoms with Gasteiger partial charge in [0, 0.05) is 32.6 Å². The number of fused-ring (bicyclic) bond motifs is 13. The smallest absolute Gasteiger partial charge is 0.263 e. The van der Waals surface area contributed by atoms with Crippen LogP contribution in [0.2, 0.25) is 0 Å². The topological polar surface area (TPSA) is 44.2 Å². The SMILES string of the molecule is O=c1c2ccccc2c2c(c3ccccc3n3c4ccccc4nc23)n1-c1ccc2c(c1)c1ccccc1n2-c1ccccc1. The van der Waals surface area contributed by atoms with Gasteiger partial charge in [-0.2, -0.15) is 0 Å². The van der Waals surface area contributed by atoms with Crippen molar-refractivity contribution in [3.05, 3.63) is 156 Å². The largest absolute Gasteiger partial charge is 0.309 e. The Bertz CT molecular complexity index is 2890. The van der Waals surface area contributed by atoms with Crippen LogP contribution in [0.25, 0.3) is 82.4 Å². The lowest BCUT2D eigenvalue weighted by molar-refractivity contribution is 1.07. The van der Waals surface area contributed by atoms with E-state index in [0.29, 0.717) is 5.39 Å². The van der Waals surface area contributed by atoms with Gasteiger partial charge in [0.2, 0.25) is 0 Å². The van der Waals surface area contributed by atoms with Crippen molar-refractivity contribution in [2.45, 2.75) is 0 Å². The molecule has 5 nitrogen and oxygen atoms in total. The summed E-state index contributed by atoms with van der Waals surface area (Å²) >= 11 is 0. The summed E-state index contributed by atoms with van der Waals surface area (Å²) < 4.78 is 6.45. The number of para-hydroxylation sites is 5. The zero-order valence-corrected chi connectivity index (χ0v) is 24.1. The maximum atomic E-state index is 14.7. The Morgan fingerprint density at radius 2 is 1.07 bits per heavy atom. The standard InChI is InChI=1S/C40H24N4O/c45-40-29-16-5-4-15-28(29)37-38(30-17-7-10-20-34(30)44-36-21-11-8-18-32(36)41-39(37)44)43(40)26-22-23-35-31(24-26)27-14-6-9-19-33(27)42(35)25-12-2-1-3-13-25/h1-24H. The predicted molar refractivity (Wildman–Crippen MR) is 185 cm³/mol. The van der Waals surface area contributed by atoms with Crippen LogP contribution in [0.15, 0.2) is 150 Å². The Kier molecular flexibility index (Phi) is 4.80. The van der Waals surface area contributed by atoms with Gasteiger partial charge < -0.3 is 4.57 Å². The van der Waals surface area contributed by atoms with Crippen LogP contribution in [-0.2, 0) is 0 Å². The van der Waals surface area contributed by atoms with Gasteiger partial charge in [-0.1, -0.05) is 84.9 Å². The molecule has 10 aromatic rings. The van der Waals surface area contributed by atoms with Crippen LogP contribution in [0.1, 0.15) is 0 Å². The Balaban J connectivity index is 1.42. The molecular weight excluding hydrogens is 552 g/mol. The van der Waals surface area contributed by atoms with Crippen LogP contribution >= 0.6 is 0 Å². The van der Waals surface area contributed by atoms with Crippen molar-refractivity contribution in [1.29, 1.82) is 0 Å². The second-order valence-electron chi connectivity index (χ2n) is 11.6. The van der Waals surface area contributed by atoms with Crippen molar-refractivity contribution >= 4 is 71.1 Å². The minimum atomic E-state index is -0.0464. The summed E-state index contributed by atoms with van der Waals surface area (Å²) in [5.74, 6) is 0. The normalized spacial score (nSPS) is 12.1. The fourth-order valence-corrected chi connectivity index (χ4v) is 7.34. The molecule has 0 atom stereocenters. The molecule has 210 valence electrons. The van der Waals surface area contributed by atoms with Crippen molar-refractivity contribution in [3.63, 3.8) is 0 Å². The zero-order valence-electron chi connectivity index (χ0n) is 24.1. The number of hydrogen-bond donors (Lipinski definition) is 0. The number of benzene rings is 6. The van der Waals surface area contributed by atoms with Crippen molar-refractivity contribution in [2.24, 2.45) is 0 Å². The van der Waals surface area contributed by atoms with Crippen molar-refractivity contribution < 1.29 is 0 Å². The second kappa shape index (κ2) is 8.91. The number of rotatable bonds is 2. The molecule has 5 heteroatoms. The van der Waals surface area contributed by atoms with Crippen LogP contribution in [-0.4, -0.2) is 18.5 Å². The van der Waals surface area contributed by atoms with Crippen molar-refractivity contribution in [3.8, 4) is 11.4 Å². The van der Waals surface area contributed by atoms with E-state index in [4.69, 9.17) is 4.98 Å². The molecule has 0 saturated carbocycles. The predicted octanol–water partition coefficient (Wildman–Crippen LogP) is 9.20. The van der Waals surface area contributed by atoms with Gasteiger partial charge in [0.05, 0.1) is 44.2 Å². The average molecular weight is 577 g/mol. The number of hydrogen-bond acceptors (Lipinski definition) is 2. The number of imidazole rings is 1. The molecule has 0 aliphatic heterocycles.